The van der Waals surface area contributed by atoms with E-state index in [1.54, 1.807) is 24.9 Å². The summed E-state index contributed by atoms with van der Waals surface area (Å²) in [6.45, 7) is 0.658. The van der Waals surface area contributed by atoms with Crippen molar-refractivity contribution in [1.29, 1.82) is 0 Å². The second-order valence-electron chi connectivity index (χ2n) is 2.94. The molecule has 2 aromatic heterocycles. The molecule has 0 bridgehead atoms. The Labute approximate surface area is 86.4 Å². The molecule has 0 aliphatic rings. The number of hydrogen-bond acceptors (Lipinski definition) is 3. The van der Waals surface area contributed by atoms with Crippen LogP contribution in [0.2, 0.25) is 5.02 Å². The standard InChI is InChI=1S/C9H9ClN4/c10-8-3-12-2-1-7(8)4-14-5-9(11)13-6-14/h1-3,5-6H,4,11H2. The van der Waals surface area contributed by atoms with E-state index < -0.39 is 0 Å². The normalized spacial score (nSPS) is 10.4. The number of aromatic nitrogens is 3. The molecule has 0 atom stereocenters. The summed E-state index contributed by atoms with van der Waals surface area (Å²) in [6.07, 6.45) is 6.77. The molecule has 2 rings (SSSR count). The quantitative estimate of drug-likeness (QED) is 0.815. The number of nitrogen functional groups attached to an aromatic ring is 1. The fourth-order valence-corrected chi connectivity index (χ4v) is 1.37. The van der Waals surface area contributed by atoms with Gasteiger partial charge in [0.1, 0.15) is 5.82 Å². The highest BCUT2D eigenvalue weighted by molar-refractivity contribution is 6.31. The van der Waals surface area contributed by atoms with Gasteiger partial charge in [-0.1, -0.05) is 11.6 Å². The van der Waals surface area contributed by atoms with Gasteiger partial charge in [-0.25, -0.2) is 4.98 Å². The molecule has 0 fully saturated rings. The fourth-order valence-electron chi connectivity index (χ4n) is 1.19. The van der Waals surface area contributed by atoms with Crippen LogP contribution in [0.4, 0.5) is 5.82 Å². The third kappa shape index (κ3) is 1.85. The van der Waals surface area contributed by atoms with Crippen LogP contribution in [-0.4, -0.2) is 14.5 Å². The lowest BCUT2D eigenvalue weighted by Crippen LogP contribution is -1.97. The molecule has 0 aliphatic heterocycles. The van der Waals surface area contributed by atoms with Gasteiger partial charge in [0.25, 0.3) is 0 Å². The van der Waals surface area contributed by atoms with Crippen molar-refractivity contribution in [3.05, 3.63) is 41.6 Å². The van der Waals surface area contributed by atoms with E-state index in [0.29, 0.717) is 17.4 Å². The summed E-state index contributed by atoms with van der Waals surface area (Å²) in [5.41, 5.74) is 6.49. The van der Waals surface area contributed by atoms with Crippen LogP contribution >= 0.6 is 11.6 Å². The third-order valence-electron chi connectivity index (χ3n) is 1.86. The number of anilines is 1. The van der Waals surface area contributed by atoms with Gasteiger partial charge in [0.2, 0.25) is 0 Å². The van der Waals surface area contributed by atoms with Gasteiger partial charge in [0.05, 0.1) is 17.9 Å². The van der Waals surface area contributed by atoms with Crippen LogP contribution in [-0.2, 0) is 6.54 Å². The van der Waals surface area contributed by atoms with Crippen molar-refractivity contribution in [3.8, 4) is 0 Å². The van der Waals surface area contributed by atoms with Crippen molar-refractivity contribution in [2.45, 2.75) is 6.54 Å². The zero-order valence-electron chi connectivity index (χ0n) is 7.39. The number of nitrogens with two attached hydrogens (primary N) is 1. The molecule has 0 spiro atoms. The molecule has 2 aromatic rings. The zero-order valence-corrected chi connectivity index (χ0v) is 8.15. The first-order valence-corrected chi connectivity index (χ1v) is 4.49. The average Bonchev–Trinajstić information content (AvgIpc) is 2.56. The molecular formula is C9H9ClN4. The summed E-state index contributed by atoms with van der Waals surface area (Å²) < 4.78 is 1.87. The van der Waals surface area contributed by atoms with Crippen molar-refractivity contribution in [2.24, 2.45) is 0 Å². The number of rotatable bonds is 2. The van der Waals surface area contributed by atoms with Crippen molar-refractivity contribution in [3.63, 3.8) is 0 Å². The van der Waals surface area contributed by atoms with Crippen molar-refractivity contribution in [2.75, 3.05) is 5.73 Å². The predicted octanol–water partition coefficient (Wildman–Crippen LogP) is 1.56. The Kier molecular flexibility index (Phi) is 2.37. The van der Waals surface area contributed by atoms with Crippen LogP contribution < -0.4 is 5.73 Å². The first-order chi connectivity index (χ1) is 6.75. The molecule has 14 heavy (non-hydrogen) atoms. The first kappa shape index (κ1) is 9.02. The maximum atomic E-state index is 5.95. The van der Waals surface area contributed by atoms with E-state index >= 15 is 0 Å². The maximum Gasteiger partial charge on any atom is 0.141 e. The molecule has 0 amide bonds. The predicted molar refractivity (Wildman–Crippen MR) is 55.0 cm³/mol. The Morgan fingerprint density at radius 1 is 1.50 bits per heavy atom. The van der Waals surface area contributed by atoms with Gasteiger partial charge in [-0.2, -0.15) is 0 Å². The maximum absolute atomic E-state index is 5.95. The molecular weight excluding hydrogens is 200 g/mol. The van der Waals surface area contributed by atoms with Crippen LogP contribution in [0.3, 0.4) is 0 Å². The van der Waals surface area contributed by atoms with Gasteiger partial charge in [-0.3, -0.25) is 4.98 Å². The highest BCUT2D eigenvalue weighted by Gasteiger charge is 2.00. The Morgan fingerprint density at radius 3 is 3.00 bits per heavy atom. The van der Waals surface area contributed by atoms with Gasteiger partial charge < -0.3 is 10.3 Å². The summed E-state index contributed by atoms with van der Waals surface area (Å²) >= 11 is 5.95. The van der Waals surface area contributed by atoms with Crippen molar-refractivity contribution >= 4 is 17.4 Å². The second kappa shape index (κ2) is 3.67. The number of imidazole rings is 1. The Bertz CT molecular complexity index is 438. The lowest BCUT2D eigenvalue weighted by Gasteiger charge is -2.03. The average molecular weight is 209 g/mol. The van der Waals surface area contributed by atoms with Crippen LogP contribution in [0, 0.1) is 0 Å². The molecule has 0 aliphatic carbocycles. The molecule has 0 saturated carbocycles. The summed E-state index contributed by atoms with van der Waals surface area (Å²) in [4.78, 5) is 7.83. The van der Waals surface area contributed by atoms with Gasteiger partial charge in [0, 0.05) is 18.6 Å². The third-order valence-corrected chi connectivity index (χ3v) is 2.20. The van der Waals surface area contributed by atoms with Crippen molar-refractivity contribution in [1.82, 2.24) is 14.5 Å². The minimum atomic E-state index is 0.509. The van der Waals surface area contributed by atoms with E-state index in [1.807, 2.05) is 10.6 Å². The number of halogens is 1. The summed E-state index contributed by atoms with van der Waals surface area (Å²) in [5.74, 6) is 0.509. The molecule has 5 heteroatoms. The summed E-state index contributed by atoms with van der Waals surface area (Å²) in [7, 11) is 0. The topological polar surface area (TPSA) is 56.7 Å². The fraction of sp³-hybridized carbons (Fsp3) is 0.111. The monoisotopic (exact) mass is 208 g/mol. The molecule has 0 radical (unpaired) electrons. The molecule has 0 saturated heterocycles. The lowest BCUT2D eigenvalue weighted by atomic mass is 10.3. The van der Waals surface area contributed by atoms with Gasteiger partial charge in [0.15, 0.2) is 0 Å². The molecule has 2 heterocycles. The van der Waals surface area contributed by atoms with Crippen LogP contribution in [0.15, 0.2) is 31.0 Å². The van der Waals surface area contributed by atoms with E-state index in [4.69, 9.17) is 17.3 Å². The number of pyridine rings is 1. The number of nitrogens with zero attached hydrogens (tertiary/aromatic N) is 3. The van der Waals surface area contributed by atoms with E-state index in [-0.39, 0.29) is 0 Å². The smallest absolute Gasteiger partial charge is 0.141 e. The SMILES string of the molecule is Nc1cn(Cc2ccncc2Cl)cn1. The number of hydrogen-bond donors (Lipinski definition) is 1. The molecule has 0 aromatic carbocycles. The van der Waals surface area contributed by atoms with Crippen LogP contribution in [0.25, 0.3) is 0 Å². The minimum Gasteiger partial charge on any atom is -0.382 e. The Balaban J connectivity index is 2.23. The first-order valence-electron chi connectivity index (χ1n) is 4.11. The highest BCUT2D eigenvalue weighted by atomic mass is 35.5. The van der Waals surface area contributed by atoms with Crippen LogP contribution in [0.5, 0.6) is 0 Å². The van der Waals surface area contributed by atoms with Gasteiger partial charge in [-0.05, 0) is 11.6 Å². The molecule has 4 nitrogen and oxygen atoms in total. The van der Waals surface area contributed by atoms with E-state index in [9.17, 15) is 0 Å². The molecule has 72 valence electrons. The molecule has 0 unspecified atom stereocenters. The zero-order chi connectivity index (χ0) is 9.97. The van der Waals surface area contributed by atoms with Gasteiger partial charge >= 0.3 is 0 Å². The largest absolute Gasteiger partial charge is 0.382 e. The van der Waals surface area contributed by atoms with Crippen LogP contribution in [0.1, 0.15) is 5.56 Å². The highest BCUT2D eigenvalue weighted by Crippen LogP contribution is 2.14. The lowest BCUT2D eigenvalue weighted by molar-refractivity contribution is 0.796. The van der Waals surface area contributed by atoms with E-state index in [0.717, 1.165) is 5.56 Å². The summed E-state index contributed by atoms with van der Waals surface area (Å²) in [6, 6.07) is 1.87. The van der Waals surface area contributed by atoms with E-state index in [2.05, 4.69) is 9.97 Å². The van der Waals surface area contributed by atoms with E-state index in [1.165, 1.54) is 0 Å². The second-order valence-corrected chi connectivity index (χ2v) is 3.35. The Morgan fingerprint density at radius 2 is 2.36 bits per heavy atom. The minimum absolute atomic E-state index is 0.509. The molecule has 2 N–H and O–H groups in total. The Hall–Kier alpha value is -1.55. The van der Waals surface area contributed by atoms with Gasteiger partial charge in [-0.15, -0.1) is 0 Å². The van der Waals surface area contributed by atoms with Crippen molar-refractivity contribution < 1.29 is 0 Å². The summed E-state index contributed by atoms with van der Waals surface area (Å²) in [5, 5.41) is 0.653.